The van der Waals surface area contributed by atoms with E-state index >= 15 is 0 Å². The minimum absolute atomic E-state index is 0. The number of carbonyl (C=O) groups is 2. The number of halogens is 1. The van der Waals surface area contributed by atoms with E-state index in [9.17, 15) is 9.59 Å². The number of amides is 2. The van der Waals surface area contributed by atoms with Crippen LogP contribution in [0.4, 0.5) is 0 Å². The van der Waals surface area contributed by atoms with Crippen LogP contribution in [-0.2, 0) is 9.59 Å². The fourth-order valence-electron chi connectivity index (χ4n) is 3.75. The number of fused-ring (bicyclic) bond motifs is 2. The van der Waals surface area contributed by atoms with Gasteiger partial charge in [0.2, 0.25) is 11.8 Å². The lowest BCUT2D eigenvalue weighted by Gasteiger charge is -2.29. The monoisotopic (exact) mass is 345 g/mol. The van der Waals surface area contributed by atoms with E-state index < -0.39 is 0 Å². The van der Waals surface area contributed by atoms with Crippen LogP contribution in [0, 0.1) is 0 Å². The molecule has 0 aromatic carbocycles. The molecule has 0 aromatic rings. The number of nitrogens with one attached hydrogen (secondary N) is 2. The Balaban J connectivity index is 0.00000264. The maximum atomic E-state index is 12.2. The molecule has 2 atom stereocenters. The normalized spacial score (nSPS) is 25.6. The zero-order chi connectivity index (χ0) is 15.9. The van der Waals surface area contributed by atoms with Gasteiger partial charge < -0.3 is 15.5 Å². The number of carbonyl (C=O) groups excluding carboxylic acids is 2. The molecule has 2 bridgehead atoms. The Morgan fingerprint density at radius 1 is 1.04 bits per heavy atom. The summed E-state index contributed by atoms with van der Waals surface area (Å²) in [7, 11) is 0. The Bertz CT molecular complexity index is 374. The minimum atomic E-state index is 0. The van der Waals surface area contributed by atoms with Gasteiger partial charge in [0.05, 0.1) is 0 Å². The van der Waals surface area contributed by atoms with Crippen molar-refractivity contribution in [1.29, 1.82) is 0 Å². The first-order chi connectivity index (χ1) is 10.6. The number of hydrogen-bond acceptors (Lipinski definition) is 3. The molecule has 134 valence electrons. The Labute approximate surface area is 146 Å². The van der Waals surface area contributed by atoms with Crippen LogP contribution >= 0.6 is 12.4 Å². The first kappa shape index (κ1) is 20.2. The van der Waals surface area contributed by atoms with E-state index in [4.69, 9.17) is 0 Å². The molecule has 0 aliphatic carbocycles. The summed E-state index contributed by atoms with van der Waals surface area (Å²) in [5.74, 6) is 0.150. The van der Waals surface area contributed by atoms with Crippen molar-refractivity contribution in [2.45, 2.75) is 83.3 Å². The lowest BCUT2D eigenvalue weighted by molar-refractivity contribution is -0.133. The summed E-state index contributed by atoms with van der Waals surface area (Å²) in [6.07, 6.45) is 7.14. The van der Waals surface area contributed by atoms with E-state index in [0.29, 0.717) is 31.0 Å². The standard InChI is InChI=1S/C17H31N3O2.ClH/c1-3-9-20(10-4-2)17(22)8-7-16(21)19-15-11-13-5-6-14(12-15)18-13;/h13-15,18H,3-12H2,1-2H3,(H,19,21);1H. The van der Waals surface area contributed by atoms with Crippen molar-refractivity contribution in [3.8, 4) is 0 Å². The molecular formula is C17H32ClN3O2. The highest BCUT2D eigenvalue weighted by Gasteiger charge is 2.33. The highest BCUT2D eigenvalue weighted by Crippen LogP contribution is 2.26. The Morgan fingerprint density at radius 3 is 2.13 bits per heavy atom. The topological polar surface area (TPSA) is 61.4 Å². The third-order valence-corrected chi connectivity index (χ3v) is 4.74. The first-order valence-corrected chi connectivity index (χ1v) is 8.95. The van der Waals surface area contributed by atoms with Crippen molar-refractivity contribution in [3.05, 3.63) is 0 Å². The molecular weight excluding hydrogens is 314 g/mol. The summed E-state index contributed by atoms with van der Waals surface area (Å²) < 4.78 is 0. The van der Waals surface area contributed by atoms with Crippen LogP contribution in [0.5, 0.6) is 0 Å². The second-order valence-corrected chi connectivity index (χ2v) is 6.75. The number of rotatable bonds is 8. The molecule has 6 heteroatoms. The first-order valence-electron chi connectivity index (χ1n) is 8.95. The lowest BCUT2D eigenvalue weighted by Crippen LogP contribution is -2.48. The van der Waals surface area contributed by atoms with Gasteiger partial charge in [0.15, 0.2) is 0 Å². The highest BCUT2D eigenvalue weighted by molar-refractivity contribution is 5.85. The smallest absolute Gasteiger partial charge is 0.223 e. The number of piperidine rings is 1. The van der Waals surface area contributed by atoms with Gasteiger partial charge in [-0.3, -0.25) is 9.59 Å². The van der Waals surface area contributed by atoms with Gasteiger partial charge in [0.1, 0.15) is 0 Å². The molecule has 23 heavy (non-hydrogen) atoms. The molecule has 0 saturated carbocycles. The summed E-state index contributed by atoms with van der Waals surface area (Å²) in [6.45, 7) is 5.75. The van der Waals surface area contributed by atoms with E-state index in [2.05, 4.69) is 24.5 Å². The van der Waals surface area contributed by atoms with Gasteiger partial charge in [-0.05, 0) is 38.5 Å². The summed E-state index contributed by atoms with van der Waals surface area (Å²) in [4.78, 5) is 26.1. The van der Waals surface area contributed by atoms with E-state index in [1.165, 1.54) is 12.8 Å². The Kier molecular flexibility index (Phi) is 8.92. The van der Waals surface area contributed by atoms with Crippen molar-refractivity contribution in [3.63, 3.8) is 0 Å². The summed E-state index contributed by atoms with van der Waals surface area (Å²) in [5, 5.41) is 6.70. The lowest BCUT2D eigenvalue weighted by atomic mass is 9.99. The maximum absolute atomic E-state index is 12.2. The fraction of sp³-hybridized carbons (Fsp3) is 0.882. The highest BCUT2D eigenvalue weighted by atomic mass is 35.5. The largest absolute Gasteiger partial charge is 0.353 e. The average molecular weight is 346 g/mol. The van der Waals surface area contributed by atoms with Crippen LogP contribution < -0.4 is 10.6 Å². The third kappa shape index (κ3) is 6.30. The zero-order valence-electron chi connectivity index (χ0n) is 14.5. The summed E-state index contributed by atoms with van der Waals surface area (Å²) in [6, 6.07) is 1.45. The van der Waals surface area contributed by atoms with Crippen molar-refractivity contribution in [2.24, 2.45) is 0 Å². The van der Waals surface area contributed by atoms with Crippen LogP contribution in [0.1, 0.15) is 65.2 Å². The second-order valence-electron chi connectivity index (χ2n) is 6.75. The van der Waals surface area contributed by atoms with Crippen LogP contribution in [0.15, 0.2) is 0 Å². The molecule has 0 radical (unpaired) electrons. The second kappa shape index (κ2) is 10.1. The SMILES string of the molecule is CCCN(CCC)C(=O)CCC(=O)NC1CC2CCC(C1)N2.Cl. The van der Waals surface area contributed by atoms with E-state index in [-0.39, 0.29) is 24.2 Å². The summed E-state index contributed by atoms with van der Waals surface area (Å²) in [5.41, 5.74) is 0. The molecule has 2 unspecified atom stereocenters. The van der Waals surface area contributed by atoms with Crippen molar-refractivity contribution >= 4 is 24.2 Å². The number of hydrogen-bond donors (Lipinski definition) is 2. The zero-order valence-corrected chi connectivity index (χ0v) is 15.3. The molecule has 2 amide bonds. The quantitative estimate of drug-likeness (QED) is 0.709. The van der Waals surface area contributed by atoms with Crippen LogP contribution in [0.3, 0.4) is 0 Å². The molecule has 2 heterocycles. The molecule has 2 fully saturated rings. The third-order valence-electron chi connectivity index (χ3n) is 4.74. The van der Waals surface area contributed by atoms with E-state index in [1.54, 1.807) is 0 Å². The van der Waals surface area contributed by atoms with E-state index in [1.807, 2.05) is 4.90 Å². The van der Waals surface area contributed by atoms with Crippen molar-refractivity contribution < 1.29 is 9.59 Å². The van der Waals surface area contributed by atoms with Gasteiger partial charge in [0, 0.05) is 44.1 Å². The van der Waals surface area contributed by atoms with Crippen LogP contribution in [0.2, 0.25) is 0 Å². The van der Waals surface area contributed by atoms with Crippen molar-refractivity contribution in [2.75, 3.05) is 13.1 Å². The molecule has 5 nitrogen and oxygen atoms in total. The average Bonchev–Trinajstić information content (AvgIpc) is 2.83. The minimum Gasteiger partial charge on any atom is -0.353 e. The van der Waals surface area contributed by atoms with Gasteiger partial charge >= 0.3 is 0 Å². The van der Waals surface area contributed by atoms with Gasteiger partial charge in [-0.1, -0.05) is 13.8 Å². The predicted molar refractivity (Wildman–Crippen MR) is 94.8 cm³/mol. The molecule has 2 N–H and O–H groups in total. The van der Waals surface area contributed by atoms with Gasteiger partial charge in [-0.15, -0.1) is 12.4 Å². The molecule has 2 aliphatic heterocycles. The van der Waals surface area contributed by atoms with E-state index in [0.717, 1.165) is 38.8 Å². The van der Waals surface area contributed by atoms with Gasteiger partial charge in [-0.2, -0.15) is 0 Å². The maximum Gasteiger partial charge on any atom is 0.223 e. The van der Waals surface area contributed by atoms with Crippen LogP contribution in [-0.4, -0.2) is 47.9 Å². The van der Waals surface area contributed by atoms with Gasteiger partial charge in [0.25, 0.3) is 0 Å². The van der Waals surface area contributed by atoms with Crippen molar-refractivity contribution in [1.82, 2.24) is 15.5 Å². The van der Waals surface area contributed by atoms with Gasteiger partial charge in [-0.25, -0.2) is 0 Å². The molecule has 2 saturated heterocycles. The molecule has 2 rings (SSSR count). The number of nitrogens with zero attached hydrogens (tertiary/aromatic N) is 1. The Hall–Kier alpha value is -0.810. The molecule has 2 aliphatic rings. The molecule has 0 spiro atoms. The summed E-state index contributed by atoms with van der Waals surface area (Å²) >= 11 is 0. The Morgan fingerprint density at radius 2 is 1.61 bits per heavy atom. The molecule has 0 aromatic heterocycles. The predicted octanol–water partition coefficient (Wildman–Crippen LogP) is 2.24. The van der Waals surface area contributed by atoms with Crippen LogP contribution in [0.25, 0.3) is 0 Å². The fourth-order valence-corrected chi connectivity index (χ4v) is 3.75.